The highest BCUT2D eigenvalue weighted by molar-refractivity contribution is 5.94. The van der Waals surface area contributed by atoms with Crippen molar-refractivity contribution >= 4 is 11.9 Å². The summed E-state index contributed by atoms with van der Waals surface area (Å²) in [5.41, 5.74) is 1.14. The third-order valence-electron chi connectivity index (χ3n) is 6.99. The lowest BCUT2D eigenvalue weighted by Gasteiger charge is -2.39. The maximum atomic E-state index is 12.7. The fourth-order valence-corrected chi connectivity index (χ4v) is 4.78. The second-order valence-corrected chi connectivity index (χ2v) is 10.0. The molecule has 1 amide bonds. The quantitative estimate of drug-likeness (QED) is 0.755. The van der Waals surface area contributed by atoms with Crippen LogP contribution in [-0.2, 0) is 13.6 Å². The fourth-order valence-electron chi connectivity index (χ4n) is 4.78. The summed E-state index contributed by atoms with van der Waals surface area (Å²) < 4.78 is 2.15. The van der Waals surface area contributed by atoms with Crippen molar-refractivity contribution in [2.75, 3.05) is 44.2 Å². The highest BCUT2D eigenvalue weighted by Gasteiger charge is 2.30. The Morgan fingerprint density at radius 3 is 2.23 bits per heavy atom. The minimum absolute atomic E-state index is 0.125. The van der Waals surface area contributed by atoms with E-state index in [4.69, 9.17) is 0 Å². The number of amides is 1. The second-order valence-electron chi connectivity index (χ2n) is 10.0. The number of aromatic nitrogens is 3. The summed E-state index contributed by atoms with van der Waals surface area (Å²) in [6.07, 6.45) is 2.42. The van der Waals surface area contributed by atoms with Crippen LogP contribution in [0.25, 0.3) is 0 Å². The number of hydrogen-bond donors (Lipinski definition) is 0. The number of nitrogens with zero attached hydrogens (tertiary/aromatic N) is 6. The van der Waals surface area contributed by atoms with E-state index in [1.54, 1.807) is 0 Å². The number of carbonyl (C=O) groups excluding carboxylic acids is 1. The van der Waals surface area contributed by atoms with Crippen molar-refractivity contribution in [3.63, 3.8) is 0 Å². The zero-order valence-electron chi connectivity index (χ0n) is 19.4. The van der Waals surface area contributed by atoms with Crippen molar-refractivity contribution < 1.29 is 4.79 Å². The van der Waals surface area contributed by atoms with E-state index in [0.717, 1.165) is 69.1 Å². The molecule has 0 spiro atoms. The topological polar surface area (TPSA) is 57.5 Å². The summed E-state index contributed by atoms with van der Waals surface area (Å²) in [5, 5.41) is 9.03. The van der Waals surface area contributed by atoms with Crippen molar-refractivity contribution in [1.29, 1.82) is 0 Å². The van der Waals surface area contributed by atoms with Crippen LogP contribution in [0.2, 0.25) is 0 Å². The molecule has 1 aromatic heterocycles. The Labute approximate surface area is 186 Å². The number of piperidine rings is 1. The Hall–Kier alpha value is -2.41. The molecule has 0 saturated carbocycles. The van der Waals surface area contributed by atoms with E-state index in [-0.39, 0.29) is 5.91 Å². The molecule has 1 aromatic carbocycles. The van der Waals surface area contributed by atoms with Gasteiger partial charge in [0.15, 0.2) is 0 Å². The predicted molar refractivity (Wildman–Crippen MR) is 123 cm³/mol. The van der Waals surface area contributed by atoms with E-state index >= 15 is 0 Å². The van der Waals surface area contributed by atoms with Crippen LogP contribution in [0.3, 0.4) is 0 Å². The average Bonchev–Trinajstić information content (AvgIpc) is 3.14. The van der Waals surface area contributed by atoms with Crippen molar-refractivity contribution in [2.45, 2.75) is 40.2 Å². The smallest absolute Gasteiger partial charge is 0.253 e. The largest absolute Gasteiger partial charge is 0.341 e. The Morgan fingerprint density at radius 1 is 0.968 bits per heavy atom. The number of benzene rings is 1. The van der Waals surface area contributed by atoms with Gasteiger partial charge in [-0.2, -0.15) is 0 Å². The van der Waals surface area contributed by atoms with E-state index in [1.807, 2.05) is 35.2 Å². The zero-order chi connectivity index (χ0) is 22.0. The summed E-state index contributed by atoms with van der Waals surface area (Å²) >= 11 is 0. The Kier molecular flexibility index (Phi) is 6.32. The third kappa shape index (κ3) is 4.92. The summed E-state index contributed by atoms with van der Waals surface area (Å²) in [5.74, 6) is 2.88. The molecule has 0 aliphatic carbocycles. The van der Waals surface area contributed by atoms with Gasteiger partial charge in [-0.3, -0.25) is 14.3 Å². The molecule has 2 aliphatic rings. The molecule has 168 valence electrons. The van der Waals surface area contributed by atoms with E-state index in [9.17, 15) is 4.79 Å². The van der Waals surface area contributed by atoms with E-state index in [1.165, 1.54) is 12.8 Å². The van der Waals surface area contributed by atoms with E-state index < -0.39 is 0 Å². The standard InChI is InChI=1S/C24H36N6O/c1-24(2,3)20-10-12-30(13-11-20)23-26-25-21(27(23)4)18-28-14-16-29(17-15-28)22(31)19-8-6-5-7-9-19/h5-9,20H,10-18H2,1-4H3. The molecule has 0 radical (unpaired) electrons. The van der Waals surface area contributed by atoms with Crippen molar-refractivity contribution in [1.82, 2.24) is 24.6 Å². The van der Waals surface area contributed by atoms with Gasteiger partial charge in [-0.05, 0) is 36.3 Å². The average molecular weight is 425 g/mol. The molecular weight excluding hydrogens is 388 g/mol. The minimum Gasteiger partial charge on any atom is -0.341 e. The molecule has 0 unspecified atom stereocenters. The van der Waals surface area contributed by atoms with Gasteiger partial charge in [0.25, 0.3) is 5.91 Å². The molecule has 2 aromatic rings. The maximum absolute atomic E-state index is 12.7. The highest BCUT2D eigenvalue weighted by atomic mass is 16.2. The number of anilines is 1. The van der Waals surface area contributed by atoms with Crippen LogP contribution < -0.4 is 4.90 Å². The maximum Gasteiger partial charge on any atom is 0.253 e. The zero-order valence-corrected chi connectivity index (χ0v) is 19.4. The van der Waals surface area contributed by atoms with E-state index in [0.29, 0.717) is 5.41 Å². The lowest BCUT2D eigenvalue weighted by Crippen LogP contribution is -2.48. The van der Waals surface area contributed by atoms with Gasteiger partial charge in [-0.1, -0.05) is 39.0 Å². The SMILES string of the molecule is Cn1c(CN2CCN(C(=O)c3ccccc3)CC2)nnc1N1CCC(C(C)(C)C)CC1. The summed E-state index contributed by atoms with van der Waals surface area (Å²) in [4.78, 5) is 19.4. The minimum atomic E-state index is 0.125. The van der Waals surface area contributed by atoms with Crippen LogP contribution in [0, 0.1) is 11.3 Å². The van der Waals surface area contributed by atoms with Crippen LogP contribution in [0.5, 0.6) is 0 Å². The van der Waals surface area contributed by atoms with Crippen molar-refractivity contribution in [3.8, 4) is 0 Å². The predicted octanol–water partition coefficient (Wildman–Crippen LogP) is 3.04. The van der Waals surface area contributed by atoms with Gasteiger partial charge in [-0.15, -0.1) is 10.2 Å². The summed E-state index contributed by atoms with van der Waals surface area (Å²) in [6, 6.07) is 9.55. The van der Waals surface area contributed by atoms with Gasteiger partial charge in [-0.25, -0.2) is 0 Å². The van der Waals surface area contributed by atoms with Gasteiger partial charge < -0.3 is 9.80 Å². The Bertz CT molecular complexity index is 871. The number of rotatable bonds is 4. The number of carbonyl (C=O) groups is 1. The molecule has 4 rings (SSSR count). The van der Waals surface area contributed by atoms with Crippen LogP contribution in [0.1, 0.15) is 49.8 Å². The molecule has 3 heterocycles. The molecule has 0 atom stereocenters. The fraction of sp³-hybridized carbons (Fsp3) is 0.625. The normalized spacial score (nSPS) is 19.1. The number of piperazine rings is 1. The van der Waals surface area contributed by atoms with Gasteiger partial charge in [0.2, 0.25) is 5.95 Å². The first-order valence-corrected chi connectivity index (χ1v) is 11.5. The molecule has 7 nitrogen and oxygen atoms in total. The van der Waals surface area contributed by atoms with Gasteiger partial charge >= 0.3 is 0 Å². The van der Waals surface area contributed by atoms with Gasteiger partial charge in [0.1, 0.15) is 5.82 Å². The van der Waals surface area contributed by atoms with Crippen LogP contribution in [0.4, 0.5) is 5.95 Å². The molecule has 0 bridgehead atoms. The third-order valence-corrected chi connectivity index (χ3v) is 6.99. The highest BCUT2D eigenvalue weighted by Crippen LogP contribution is 2.35. The molecule has 31 heavy (non-hydrogen) atoms. The first-order chi connectivity index (χ1) is 14.8. The van der Waals surface area contributed by atoms with Gasteiger partial charge in [0, 0.05) is 51.9 Å². The molecule has 0 N–H and O–H groups in total. The molecule has 2 fully saturated rings. The van der Waals surface area contributed by atoms with Crippen molar-refractivity contribution in [2.24, 2.45) is 18.4 Å². The summed E-state index contributed by atoms with van der Waals surface area (Å²) in [7, 11) is 2.08. The molecule has 2 saturated heterocycles. The van der Waals surface area contributed by atoms with Crippen LogP contribution in [-0.4, -0.2) is 69.7 Å². The lowest BCUT2D eigenvalue weighted by atomic mass is 9.75. The van der Waals surface area contributed by atoms with Gasteiger partial charge in [0.05, 0.1) is 6.54 Å². The lowest BCUT2D eigenvalue weighted by molar-refractivity contribution is 0.0624. The van der Waals surface area contributed by atoms with Crippen LogP contribution >= 0.6 is 0 Å². The van der Waals surface area contributed by atoms with E-state index in [2.05, 4.69) is 52.4 Å². The first-order valence-electron chi connectivity index (χ1n) is 11.5. The molecular formula is C24H36N6O. The van der Waals surface area contributed by atoms with Crippen molar-refractivity contribution in [3.05, 3.63) is 41.7 Å². The Balaban J connectivity index is 1.30. The van der Waals surface area contributed by atoms with Crippen LogP contribution in [0.15, 0.2) is 30.3 Å². The molecule has 7 heteroatoms. The summed E-state index contributed by atoms with van der Waals surface area (Å²) in [6.45, 7) is 13.1. The number of hydrogen-bond acceptors (Lipinski definition) is 5. The molecule has 2 aliphatic heterocycles. The first kappa shape index (κ1) is 21.8. The Morgan fingerprint density at radius 2 is 1.61 bits per heavy atom. The second kappa shape index (κ2) is 8.99. The monoisotopic (exact) mass is 424 g/mol.